The SMILES string of the molecule is CCCCSN(SCCCC)C(=O)NC(=NCCC)OC(C)C. The van der Waals surface area contributed by atoms with Crippen LogP contribution < -0.4 is 5.32 Å². The van der Waals surface area contributed by atoms with Crippen LogP contribution in [0.1, 0.15) is 66.7 Å². The number of hydrogen-bond acceptors (Lipinski definition) is 5. The van der Waals surface area contributed by atoms with Crippen molar-refractivity contribution in [2.24, 2.45) is 4.99 Å². The van der Waals surface area contributed by atoms with Crippen LogP contribution in [0.5, 0.6) is 0 Å². The number of amides is 2. The number of carbonyl (C=O) groups excluding carboxylic acids is 1. The van der Waals surface area contributed by atoms with Crippen molar-refractivity contribution in [3.8, 4) is 0 Å². The lowest BCUT2D eigenvalue weighted by Gasteiger charge is -2.21. The second-order valence-electron chi connectivity index (χ2n) is 5.41. The first kappa shape index (κ1) is 22.4. The third-order valence-electron chi connectivity index (χ3n) is 2.62. The van der Waals surface area contributed by atoms with Gasteiger partial charge in [0.25, 0.3) is 6.02 Å². The van der Waals surface area contributed by atoms with Crippen LogP contribution in [0.25, 0.3) is 0 Å². The Morgan fingerprint density at radius 3 is 2.09 bits per heavy atom. The normalized spacial score (nSPS) is 11.7. The molecule has 0 saturated carbocycles. The highest BCUT2D eigenvalue weighted by Gasteiger charge is 2.18. The van der Waals surface area contributed by atoms with Crippen molar-refractivity contribution in [1.29, 1.82) is 0 Å². The minimum absolute atomic E-state index is 0.0140. The molecule has 0 aromatic heterocycles. The monoisotopic (exact) mass is 363 g/mol. The Balaban J connectivity index is 4.65. The van der Waals surface area contributed by atoms with E-state index in [9.17, 15) is 4.79 Å². The number of aliphatic imine (C=N–C) groups is 1. The molecule has 5 nitrogen and oxygen atoms in total. The van der Waals surface area contributed by atoms with Crippen LogP contribution in [-0.2, 0) is 4.74 Å². The summed E-state index contributed by atoms with van der Waals surface area (Å²) in [7, 11) is 0. The Labute approximate surface area is 150 Å². The van der Waals surface area contributed by atoms with Gasteiger partial charge in [-0.2, -0.15) is 0 Å². The summed E-state index contributed by atoms with van der Waals surface area (Å²) in [6, 6.07) is 0.159. The fourth-order valence-electron chi connectivity index (χ4n) is 1.42. The van der Waals surface area contributed by atoms with Gasteiger partial charge in [0.15, 0.2) is 0 Å². The summed E-state index contributed by atoms with van der Waals surface area (Å²) in [5.74, 6) is 1.88. The van der Waals surface area contributed by atoms with Gasteiger partial charge in [-0.3, -0.25) is 5.32 Å². The Bertz CT molecular complexity index is 329. The maximum absolute atomic E-state index is 12.5. The van der Waals surface area contributed by atoms with E-state index in [0.29, 0.717) is 12.6 Å². The molecule has 23 heavy (non-hydrogen) atoms. The Hall–Kier alpha value is -0.560. The predicted molar refractivity (Wildman–Crippen MR) is 104 cm³/mol. The smallest absolute Gasteiger partial charge is 0.345 e. The number of rotatable bonds is 11. The number of unbranched alkanes of at least 4 members (excludes halogenated alkanes) is 2. The van der Waals surface area contributed by atoms with Crippen molar-refractivity contribution in [1.82, 2.24) is 9.03 Å². The minimum atomic E-state index is -0.164. The van der Waals surface area contributed by atoms with Crippen molar-refractivity contribution in [2.75, 3.05) is 18.1 Å². The molecule has 0 unspecified atom stereocenters. The number of nitrogens with zero attached hydrogens (tertiary/aromatic N) is 2. The fraction of sp³-hybridized carbons (Fsp3) is 0.875. The molecule has 0 fully saturated rings. The molecular formula is C16H33N3O2S2. The standard InChI is InChI=1S/C16H33N3O2S2/c1-6-9-12-22-19(23-13-10-7-2)16(20)18-15(17-11-8-3)21-14(4)5/h14H,6-13H2,1-5H3,(H,17,18,20). The molecule has 0 aliphatic rings. The topological polar surface area (TPSA) is 53.9 Å². The van der Waals surface area contributed by atoms with E-state index in [4.69, 9.17) is 4.74 Å². The van der Waals surface area contributed by atoms with Gasteiger partial charge >= 0.3 is 6.03 Å². The summed E-state index contributed by atoms with van der Waals surface area (Å²) in [5, 5.41) is 2.81. The van der Waals surface area contributed by atoms with Crippen LogP contribution in [-0.4, -0.2) is 39.9 Å². The van der Waals surface area contributed by atoms with Gasteiger partial charge in [-0.25, -0.2) is 13.5 Å². The van der Waals surface area contributed by atoms with E-state index in [2.05, 4.69) is 24.2 Å². The van der Waals surface area contributed by atoms with Crippen LogP contribution in [0.2, 0.25) is 0 Å². The average Bonchev–Trinajstić information content (AvgIpc) is 2.50. The van der Waals surface area contributed by atoms with Crippen molar-refractivity contribution in [2.45, 2.75) is 72.8 Å². The lowest BCUT2D eigenvalue weighted by Crippen LogP contribution is -2.39. The third kappa shape index (κ3) is 12.5. The zero-order chi connectivity index (χ0) is 17.5. The Kier molecular flexibility index (Phi) is 14.6. The third-order valence-corrected chi connectivity index (χ3v) is 4.99. The minimum Gasteiger partial charge on any atom is -0.462 e. The van der Waals surface area contributed by atoms with Crippen LogP contribution in [0.3, 0.4) is 0 Å². The Morgan fingerprint density at radius 2 is 1.65 bits per heavy atom. The molecule has 1 N–H and O–H groups in total. The van der Waals surface area contributed by atoms with Crippen molar-refractivity contribution in [3.63, 3.8) is 0 Å². The molecule has 0 atom stereocenters. The van der Waals surface area contributed by atoms with E-state index >= 15 is 0 Å². The molecule has 0 bridgehead atoms. The van der Waals surface area contributed by atoms with Gasteiger partial charge in [0.05, 0.1) is 6.10 Å². The predicted octanol–water partition coefficient (Wildman–Crippen LogP) is 5.09. The van der Waals surface area contributed by atoms with E-state index in [1.165, 1.54) is 0 Å². The fourth-order valence-corrected chi connectivity index (χ4v) is 3.66. The molecule has 0 aromatic rings. The number of urea groups is 1. The van der Waals surface area contributed by atoms with Gasteiger partial charge in [0.1, 0.15) is 0 Å². The van der Waals surface area contributed by atoms with E-state index in [1.54, 1.807) is 27.6 Å². The van der Waals surface area contributed by atoms with E-state index < -0.39 is 0 Å². The van der Waals surface area contributed by atoms with Gasteiger partial charge in [-0.05, 0) is 57.0 Å². The largest absolute Gasteiger partial charge is 0.462 e. The molecule has 0 aromatic carbocycles. The summed E-state index contributed by atoms with van der Waals surface area (Å²) in [6.07, 6.45) is 5.36. The second kappa shape index (κ2) is 15.0. The Morgan fingerprint density at radius 1 is 1.09 bits per heavy atom. The number of carbonyl (C=O) groups is 1. The summed E-state index contributed by atoms with van der Waals surface area (Å²) in [6.45, 7) is 10.9. The van der Waals surface area contributed by atoms with Gasteiger partial charge < -0.3 is 4.74 Å². The summed E-state index contributed by atoms with van der Waals surface area (Å²) >= 11 is 3.13. The molecule has 0 aliphatic carbocycles. The number of ether oxygens (including phenoxy) is 1. The van der Waals surface area contributed by atoms with Gasteiger partial charge in [-0.15, -0.1) is 0 Å². The summed E-state index contributed by atoms with van der Waals surface area (Å²) < 4.78 is 7.33. The number of amidine groups is 1. The molecule has 7 heteroatoms. The molecule has 0 heterocycles. The summed E-state index contributed by atoms with van der Waals surface area (Å²) in [4.78, 5) is 16.8. The average molecular weight is 364 g/mol. The van der Waals surface area contributed by atoms with Crippen LogP contribution in [0.15, 0.2) is 4.99 Å². The van der Waals surface area contributed by atoms with E-state index in [0.717, 1.165) is 43.6 Å². The first-order valence-corrected chi connectivity index (χ1v) is 10.5. The molecule has 0 spiro atoms. The lowest BCUT2D eigenvalue weighted by molar-refractivity contribution is 0.209. The van der Waals surface area contributed by atoms with E-state index in [1.807, 2.05) is 20.8 Å². The van der Waals surface area contributed by atoms with Gasteiger partial charge in [0, 0.05) is 18.1 Å². The van der Waals surface area contributed by atoms with Crippen molar-refractivity contribution >= 4 is 35.9 Å². The molecule has 136 valence electrons. The molecule has 0 saturated heterocycles. The first-order valence-electron chi connectivity index (χ1n) is 8.63. The van der Waals surface area contributed by atoms with Crippen molar-refractivity contribution in [3.05, 3.63) is 0 Å². The highest BCUT2D eigenvalue weighted by Crippen LogP contribution is 2.24. The quantitative estimate of drug-likeness (QED) is 0.240. The summed E-state index contributed by atoms with van der Waals surface area (Å²) in [5.41, 5.74) is 0. The van der Waals surface area contributed by atoms with Crippen LogP contribution in [0.4, 0.5) is 4.79 Å². The first-order chi connectivity index (χ1) is 11.0. The maximum atomic E-state index is 12.5. The molecule has 2 amide bonds. The highest BCUT2D eigenvalue weighted by atomic mass is 32.2. The van der Waals surface area contributed by atoms with Gasteiger partial charge in [0.2, 0.25) is 0 Å². The van der Waals surface area contributed by atoms with Crippen LogP contribution in [0, 0.1) is 0 Å². The number of hydrogen-bond donors (Lipinski definition) is 1. The lowest BCUT2D eigenvalue weighted by atomic mass is 10.4. The van der Waals surface area contributed by atoms with Crippen LogP contribution >= 0.6 is 23.9 Å². The molecule has 0 rings (SSSR count). The zero-order valence-electron chi connectivity index (χ0n) is 15.3. The maximum Gasteiger partial charge on any atom is 0.345 e. The zero-order valence-corrected chi connectivity index (χ0v) is 16.9. The van der Waals surface area contributed by atoms with E-state index in [-0.39, 0.29) is 12.1 Å². The molecule has 0 radical (unpaired) electrons. The van der Waals surface area contributed by atoms with Crippen molar-refractivity contribution < 1.29 is 9.53 Å². The molecule has 0 aliphatic heterocycles. The van der Waals surface area contributed by atoms with Gasteiger partial charge in [-0.1, -0.05) is 33.6 Å². The number of nitrogens with one attached hydrogen (secondary N) is 1. The highest BCUT2D eigenvalue weighted by molar-refractivity contribution is 8.12. The second-order valence-corrected chi connectivity index (χ2v) is 7.71. The molecular weight excluding hydrogens is 330 g/mol.